The summed E-state index contributed by atoms with van der Waals surface area (Å²) in [6.07, 6.45) is 3.75. The summed E-state index contributed by atoms with van der Waals surface area (Å²) in [4.78, 5) is 18.2. The van der Waals surface area contributed by atoms with Crippen molar-refractivity contribution in [3.05, 3.63) is 59.8 Å². The number of likely N-dealkylation sites (tertiary alicyclic amines) is 1. The number of carbonyl (C=O) groups is 1. The van der Waals surface area contributed by atoms with E-state index in [0.29, 0.717) is 17.9 Å². The smallest absolute Gasteiger partial charge is 0.271 e. The molecule has 0 aliphatic carbocycles. The van der Waals surface area contributed by atoms with E-state index in [2.05, 4.69) is 9.88 Å². The van der Waals surface area contributed by atoms with Crippen LogP contribution in [0.3, 0.4) is 0 Å². The van der Waals surface area contributed by atoms with Crippen molar-refractivity contribution >= 4 is 5.91 Å². The Balaban J connectivity index is 1.52. The van der Waals surface area contributed by atoms with Crippen LogP contribution in [0.15, 0.2) is 46.9 Å². The van der Waals surface area contributed by atoms with Crippen LogP contribution in [-0.4, -0.2) is 42.0 Å². The first-order valence-electron chi connectivity index (χ1n) is 10.2. The fourth-order valence-corrected chi connectivity index (χ4v) is 3.67. The number of carbonyl (C=O) groups excluding carboxylic acids is 1. The van der Waals surface area contributed by atoms with Gasteiger partial charge in [-0.1, -0.05) is 12.5 Å². The Kier molecular flexibility index (Phi) is 6.27. The fraction of sp³-hybridized carbons (Fsp3) is 0.304. The molecule has 6 nitrogen and oxygen atoms in total. The molecule has 1 aliphatic rings. The third-order valence-electron chi connectivity index (χ3n) is 5.28. The standard InChI is InChI=1S/C23H23F2N3O3/c24-17-5-4-6-18(25)19(17)23-27-20(22(26)29)21(31-23)15-7-9-16(10-8-15)30-14-13-28-11-2-1-3-12-28/h4-10H,1-3,11-14H2,(H2,26,29). The summed E-state index contributed by atoms with van der Waals surface area (Å²) in [5.41, 5.74) is 5.25. The number of rotatable bonds is 7. The second-order valence-electron chi connectivity index (χ2n) is 7.43. The number of hydrogen-bond acceptors (Lipinski definition) is 5. The Morgan fingerprint density at radius 1 is 1.06 bits per heavy atom. The molecular formula is C23H23F2N3O3. The molecule has 1 amide bonds. The molecule has 0 atom stereocenters. The lowest BCUT2D eigenvalue weighted by atomic mass is 10.1. The lowest BCUT2D eigenvalue weighted by molar-refractivity contribution is 0.0996. The largest absolute Gasteiger partial charge is 0.492 e. The number of ether oxygens (including phenoxy) is 1. The molecule has 4 rings (SSSR count). The summed E-state index contributed by atoms with van der Waals surface area (Å²) in [5, 5.41) is 0. The monoisotopic (exact) mass is 427 g/mol. The van der Waals surface area contributed by atoms with E-state index < -0.39 is 23.1 Å². The van der Waals surface area contributed by atoms with Crippen LogP contribution in [0.25, 0.3) is 22.8 Å². The molecule has 2 heterocycles. The number of halogens is 2. The Morgan fingerprint density at radius 2 is 1.74 bits per heavy atom. The number of amides is 1. The number of oxazole rings is 1. The van der Waals surface area contributed by atoms with Gasteiger partial charge in [0.25, 0.3) is 5.91 Å². The summed E-state index contributed by atoms with van der Waals surface area (Å²) in [6, 6.07) is 10.3. The summed E-state index contributed by atoms with van der Waals surface area (Å²) in [6.45, 7) is 3.65. The average molecular weight is 427 g/mol. The Bertz CT molecular complexity index is 1040. The number of primary amides is 1. The lowest BCUT2D eigenvalue weighted by Crippen LogP contribution is -2.33. The minimum absolute atomic E-state index is 0.0463. The molecule has 0 bridgehead atoms. The van der Waals surface area contributed by atoms with Gasteiger partial charge in [0.2, 0.25) is 5.89 Å². The molecule has 1 fully saturated rings. The highest BCUT2D eigenvalue weighted by molar-refractivity contribution is 5.97. The average Bonchev–Trinajstić information content (AvgIpc) is 3.20. The van der Waals surface area contributed by atoms with Gasteiger partial charge in [0, 0.05) is 12.1 Å². The summed E-state index contributed by atoms with van der Waals surface area (Å²) >= 11 is 0. The van der Waals surface area contributed by atoms with Gasteiger partial charge in [0.15, 0.2) is 11.5 Å². The number of piperidine rings is 1. The van der Waals surface area contributed by atoms with Crippen molar-refractivity contribution in [2.24, 2.45) is 5.73 Å². The molecule has 0 saturated carbocycles. The van der Waals surface area contributed by atoms with Crippen molar-refractivity contribution in [3.8, 4) is 28.5 Å². The molecule has 1 aromatic heterocycles. The van der Waals surface area contributed by atoms with Gasteiger partial charge in [-0.3, -0.25) is 9.69 Å². The quantitative estimate of drug-likeness (QED) is 0.610. The van der Waals surface area contributed by atoms with E-state index >= 15 is 0 Å². The number of nitrogens with two attached hydrogens (primary N) is 1. The predicted octanol–water partition coefficient (Wildman–Crippen LogP) is 4.25. The topological polar surface area (TPSA) is 81.6 Å². The SMILES string of the molecule is NC(=O)c1nc(-c2c(F)cccc2F)oc1-c1ccc(OCCN2CCCCC2)cc1. The van der Waals surface area contributed by atoms with Crippen molar-refractivity contribution in [1.82, 2.24) is 9.88 Å². The van der Waals surface area contributed by atoms with Crippen LogP contribution in [0, 0.1) is 11.6 Å². The van der Waals surface area contributed by atoms with E-state index in [1.807, 2.05) is 0 Å². The van der Waals surface area contributed by atoms with Crippen molar-refractivity contribution in [1.29, 1.82) is 0 Å². The van der Waals surface area contributed by atoms with Gasteiger partial charge in [0.05, 0.1) is 0 Å². The number of benzene rings is 2. The zero-order valence-electron chi connectivity index (χ0n) is 16.9. The lowest BCUT2D eigenvalue weighted by Gasteiger charge is -2.26. The molecule has 2 N–H and O–H groups in total. The Morgan fingerprint density at radius 3 is 2.39 bits per heavy atom. The minimum Gasteiger partial charge on any atom is -0.492 e. The number of nitrogens with zero attached hydrogens (tertiary/aromatic N) is 2. The van der Waals surface area contributed by atoms with Gasteiger partial charge < -0.3 is 14.9 Å². The molecule has 0 unspecified atom stereocenters. The maximum absolute atomic E-state index is 14.1. The summed E-state index contributed by atoms with van der Waals surface area (Å²) in [5.74, 6) is -2.18. The molecule has 1 aliphatic heterocycles. The van der Waals surface area contributed by atoms with Crippen molar-refractivity contribution in [2.75, 3.05) is 26.2 Å². The van der Waals surface area contributed by atoms with Crippen LogP contribution in [0.4, 0.5) is 8.78 Å². The maximum Gasteiger partial charge on any atom is 0.271 e. The van der Waals surface area contributed by atoms with Crippen LogP contribution >= 0.6 is 0 Å². The van der Waals surface area contributed by atoms with E-state index in [0.717, 1.165) is 31.8 Å². The highest BCUT2D eigenvalue weighted by atomic mass is 19.1. The van der Waals surface area contributed by atoms with Gasteiger partial charge in [-0.25, -0.2) is 13.8 Å². The zero-order chi connectivity index (χ0) is 21.8. The van der Waals surface area contributed by atoms with Crippen LogP contribution < -0.4 is 10.5 Å². The summed E-state index contributed by atoms with van der Waals surface area (Å²) in [7, 11) is 0. The van der Waals surface area contributed by atoms with E-state index in [4.69, 9.17) is 14.9 Å². The fourth-order valence-electron chi connectivity index (χ4n) is 3.67. The van der Waals surface area contributed by atoms with Crippen molar-refractivity contribution < 1.29 is 22.7 Å². The van der Waals surface area contributed by atoms with Crippen LogP contribution in [0.5, 0.6) is 5.75 Å². The van der Waals surface area contributed by atoms with Crippen LogP contribution in [-0.2, 0) is 0 Å². The third kappa shape index (κ3) is 4.74. The molecule has 162 valence electrons. The number of hydrogen-bond donors (Lipinski definition) is 1. The third-order valence-corrected chi connectivity index (χ3v) is 5.28. The molecule has 8 heteroatoms. The van der Waals surface area contributed by atoms with Crippen LogP contribution in [0.2, 0.25) is 0 Å². The maximum atomic E-state index is 14.1. The molecule has 1 saturated heterocycles. The second kappa shape index (κ2) is 9.26. The minimum atomic E-state index is -0.858. The Hall–Kier alpha value is -3.26. The normalized spacial score (nSPS) is 14.5. The number of aromatic nitrogens is 1. The molecular weight excluding hydrogens is 404 g/mol. The first-order valence-corrected chi connectivity index (χ1v) is 10.2. The Labute approximate surface area is 178 Å². The highest BCUT2D eigenvalue weighted by Gasteiger charge is 2.24. The summed E-state index contributed by atoms with van der Waals surface area (Å²) < 4.78 is 39.6. The van der Waals surface area contributed by atoms with Crippen molar-refractivity contribution in [2.45, 2.75) is 19.3 Å². The predicted molar refractivity (Wildman–Crippen MR) is 112 cm³/mol. The molecule has 0 radical (unpaired) electrons. The first kappa shape index (κ1) is 21.0. The van der Waals surface area contributed by atoms with Crippen LogP contribution in [0.1, 0.15) is 29.8 Å². The van der Waals surface area contributed by atoms with Gasteiger partial charge >= 0.3 is 0 Å². The van der Waals surface area contributed by atoms with Gasteiger partial charge in [-0.05, 0) is 62.3 Å². The van der Waals surface area contributed by atoms with Gasteiger partial charge in [-0.15, -0.1) is 0 Å². The van der Waals surface area contributed by atoms with E-state index in [9.17, 15) is 13.6 Å². The molecule has 3 aromatic rings. The molecule has 31 heavy (non-hydrogen) atoms. The highest BCUT2D eigenvalue weighted by Crippen LogP contribution is 2.33. The zero-order valence-corrected chi connectivity index (χ0v) is 16.9. The van der Waals surface area contributed by atoms with E-state index in [1.165, 1.54) is 25.3 Å². The molecule has 2 aromatic carbocycles. The van der Waals surface area contributed by atoms with Crippen molar-refractivity contribution in [3.63, 3.8) is 0 Å². The first-order chi connectivity index (χ1) is 15.0. The molecule has 0 spiro atoms. The van der Waals surface area contributed by atoms with Gasteiger partial charge in [-0.2, -0.15) is 0 Å². The second-order valence-corrected chi connectivity index (χ2v) is 7.43. The van der Waals surface area contributed by atoms with E-state index in [1.54, 1.807) is 24.3 Å². The van der Waals surface area contributed by atoms with Gasteiger partial charge in [0.1, 0.15) is 29.6 Å². The van der Waals surface area contributed by atoms with E-state index in [-0.39, 0.29) is 17.3 Å².